The largest absolute Gasteiger partial charge is 0.339 e. The lowest BCUT2D eigenvalue weighted by Gasteiger charge is -2.30. The number of likely N-dealkylation sites (tertiary alicyclic amines) is 1. The molecule has 5 rings (SSSR count). The fraction of sp³-hybridized carbons (Fsp3) is 0.333. The van der Waals surface area contributed by atoms with Gasteiger partial charge in [-0.2, -0.15) is 4.98 Å². The Kier molecular flexibility index (Phi) is 5.14. The third-order valence-electron chi connectivity index (χ3n) is 5.43. The molecule has 1 saturated heterocycles. The van der Waals surface area contributed by atoms with E-state index in [1.807, 2.05) is 36.6 Å². The fourth-order valence-corrected chi connectivity index (χ4v) is 5.23. The van der Waals surface area contributed by atoms with E-state index in [-0.39, 0.29) is 11.5 Å². The van der Waals surface area contributed by atoms with Crippen molar-refractivity contribution in [3.05, 3.63) is 62.6 Å². The van der Waals surface area contributed by atoms with Crippen LogP contribution in [0.5, 0.6) is 0 Å². The van der Waals surface area contributed by atoms with Crippen molar-refractivity contribution in [2.24, 2.45) is 0 Å². The van der Waals surface area contributed by atoms with Gasteiger partial charge in [0.1, 0.15) is 10.7 Å². The summed E-state index contributed by atoms with van der Waals surface area (Å²) >= 11 is 7.81. The molecule has 7 nitrogen and oxygen atoms in total. The third-order valence-corrected chi connectivity index (χ3v) is 6.63. The molecule has 4 heterocycles. The zero-order valence-corrected chi connectivity index (χ0v) is 18.0. The van der Waals surface area contributed by atoms with Crippen LogP contribution in [0.15, 0.2) is 39.0 Å². The first kappa shape index (κ1) is 19.4. The number of benzene rings is 1. The molecule has 0 radical (unpaired) electrons. The highest BCUT2D eigenvalue weighted by atomic mass is 35.5. The summed E-state index contributed by atoms with van der Waals surface area (Å²) in [5.41, 5.74) is 1.54. The molecule has 1 fully saturated rings. The van der Waals surface area contributed by atoms with E-state index in [2.05, 4.69) is 20.0 Å². The zero-order valence-electron chi connectivity index (χ0n) is 16.4. The summed E-state index contributed by atoms with van der Waals surface area (Å²) < 4.78 is 5.36. The molecule has 1 aliphatic heterocycles. The maximum atomic E-state index is 12.9. The Balaban J connectivity index is 1.41. The number of hydrogen-bond donors (Lipinski definition) is 1. The third kappa shape index (κ3) is 3.66. The van der Waals surface area contributed by atoms with Crippen LogP contribution in [0.2, 0.25) is 5.02 Å². The van der Waals surface area contributed by atoms with Gasteiger partial charge in [0, 0.05) is 28.1 Å². The van der Waals surface area contributed by atoms with Crippen LogP contribution in [0.3, 0.4) is 0 Å². The summed E-state index contributed by atoms with van der Waals surface area (Å²) in [5, 5.41) is 7.07. The van der Waals surface area contributed by atoms with Gasteiger partial charge in [-0.1, -0.05) is 35.0 Å². The van der Waals surface area contributed by atoms with E-state index in [9.17, 15) is 4.79 Å². The second-order valence-electron chi connectivity index (χ2n) is 7.58. The lowest BCUT2D eigenvalue weighted by Crippen LogP contribution is -2.35. The number of halogens is 1. The van der Waals surface area contributed by atoms with Crippen LogP contribution in [0, 0.1) is 6.92 Å². The van der Waals surface area contributed by atoms with Gasteiger partial charge in [-0.3, -0.25) is 9.69 Å². The molecule has 1 aliphatic rings. The van der Waals surface area contributed by atoms with Gasteiger partial charge >= 0.3 is 0 Å². The first-order valence-corrected chi connectivity index (χ1v) is 11.1. The van der Waals surface area contributed by atoms with E-state index in [0.29, 0.717) is 34.5 Å². The Bertz CT molecular complexity index is 1260. The average Bonchev–Trinajstić information content (AvgIpc) is 3.35. The highest BCUT2D eigenvalue weighted by Gasteiger charge is 2.26. The minimum Gasteiger partial charge on any atom is -0.339 e. The van der Waals surface area contributed by atoms with Crippen molar-refractivity contribution in [3.8, 4) is 11.1 Å². The molecule has 0 amide bonds. The van der Waals surface area contributed by atoms with Crippen molar-refractivity contribution in [2.45, 2.75) is 32.2 Å². The molecule has 9 heteroatoms. The summed E-state index contributed by atoms with van der Waals surface area (Å²) in [6.07, 6.45) is 2.06. The van der Waals surface area contributed by atoms with E-state index in [1.54, 1.807) is 0 Å². The second-order valence-corrected chi connectivity index (χ2v) is 8.84. The first-order chi connectivity index (χ1) is 14.6. The van der Waals surface area contributed by atoms with Crippen molar-refractivity contribution in [3.63, 3.8) is 0 Å². The van der Waals surface area contributed by atoms with Gasteiger partial charge < -0.3 is 9.51 Å². The molecule has 0 spiro atoms. The molecule has 0 aliphatic carbocycles. The SMILES string of the molecule is Cc1noc(C2CCCN(Cc3nc4scc(-c5ccccc5Cl)c4c(=O)[nH]3)C2)n1. The Labute approximate surface area is 181 Å². The minimum atomic E-state index is -0.132. The summed E-state index contributed by atoms with van der Waals surface area (Å²) in [6.45, 7) is 4.16. The molecule has 30 heavy (non-hydrogen) atoms. The van der Waals surface area contributed by atoms with Crippen LogP contribution in [0.4, 0.5) is 0 Å². The summed E-state index contributed by atoms with van der Waals surface area (Å²) in [4.78, 5) is 28.0. The maximum absolute atomic E-state index is 12.9. The minimum absolute atomic E-state index is 0.132. The number of aromatic amines is 1. The molecule has 1 unspecified atom stereocenters. The number of fused-ring (bicyclic) bond motifs is 1. The molecule has 4 aromatic rings. The Morgan fingerprint density at radius 1 is 1.30 bits per heavy atom. The van der Waals surface area contributed by atoms with Crippen LogP contribution in [0.1, 0.15) is 36.3 Å². The smallest absolute Gasteiger partial charge is 0.260 e. The molecule has 154 valence electrons. The Hall–Kier alpha value is -2.55. The van der Waals surface area contributed by atoms with E-state index < -0.39 is 0 Å². The van der Waals surface area contributed by atoms with Crippen LogP contribution in [0.25, 0.3) is 21.3 Å². The van der Waals surface area contributed by atoms with Gasteiger partial charge in [0.15, 0.2) is 5.82 Å². The van der Waals surface area contributed by atoms with Gasteiger partial charge in [-0.05, 0) is 32.4 Å². The number of nitrogens with zero attached hydrogens (tertiary/aromatic N) is 4. The van der Waals surface area contributed by atoms with Crippen LogP contribution < -0.4 is 5.56 Å². The number of nitrogens with one attached hydrogen (secondary N) is 1. The van der Waals surface area contributed by atoms with Crippen LogP contribution >= 0.6 is 22.9 Å². The predicted octanol–water partition coefficient (Wildman–Crippen LogP) is 4.38. The maximum Gasteiger partial charge on any atom is 0.260 e. The Morgan fingerprint density at radius 2 is 2.17 bits per heavy atom. The number of rotatable bonds is 4. The van der Waals surface area contributed by atoms with Gasteiger partial charge in [0.05, 0.1) is 17.8 Å². The molecular formula is C21H20ClN5O2S. The molecule has 3 aromatic heterocycles. The number of piperidine rings is 1. The molecule has 1 aromatic carbocycles. The van der Waals surface area contributed by atoms with Crippen molar-refractivity contribution in [2.75, 3.05) is 13.1 Å². The van der Waals surface area contributed by atoms with Crippen molar-refractivity contribution >= 4 is 33.2 Å². The monoisotopic (exact) mass is 441 g/mol. The van der Waals surface area contributed by atoms with E-state index in [0.717, 1.165) is 41.9 Å². The van der Waals surface area contributed by atoms with Gasteiger partial charge in [-0.15, -0.1) is 11.3 Å². The van der Waals surface area contributed by atoms with Gasteiger partial charge in [-0.25, -0.2) is 4.98 Å². The molecule has 1 N–H and O–H groups in total. The van der Waals surface area contributed by atoms with E-state index >= 15 is 0 Å². The zero-order chi connectivity index (χ0) is 20.7. The number of aromatic nitrogens is 4. The van der Waals surface area contributed by atoms with Gasteiger partial charge in [0.25, 0.3) is 5.56 Å². The molecular weight excluding hydrogens is 422 g/mol. The number of hydrogen-bond acceptors (Lipinski definition) is 7. The molecule has 0 saturated carbocycles. The normalized spacial score (nSPS) is 17.6. The first-order valence-electron chi connectivity index (χ1n) is 9.86. The predicted molar refractivity (Wildman–Crippen MR) is 117 cm³/mol. The highest BCUT2D eigenvalue weighted by Crippen LogP contribution is 2.35. The number of H-pyrrole nitrogens is 1. The number of thiophene rings is 1. The molecule has 1 atom stereocenters. The Morgan fingerprint density at radius 3 is 2.97 bits per heavy atom. The van der Waals surface area contributed by atoms with Crippen molar-refractivity contribution in [1.29, 1.82) is 0 Å². The second kappa shape index (κ2) is 7.94. The fourth-order valence-electron chi connectivity index (χ4n) is 4.04. The van der Waals surface area contributed by atoms with Crippen molar-refractivity contribution < 1.29 is 4.52 Å². The average molecular weight is 442 g/mol. The summed E-state index contributed by atoms with van der Waals surface area (Å²) in [6, 6.07) is 7.54. The van der Waals surface area contributed by atoms with Gasteiger partial charge in [0.2, 0.25) is 5.89 Å². The van der Waals surface area contributed by atoms with E-state index in [1.165, 1.54) is 11.3 Å². The number of aryl methyl sites for hydroxylation is 1. The van der Waals surface area contributed by atoms with Crippen molar-refractivity contribution in [1.82, 2.24) is 25.0 Å². The summed E-state index contributed by atoms with van der Waals surface area (Å²) in [5.74, 6) is 2.23. The highest BCUT2D eigenvalue weighted by molar-refractivity contribution is 7.17. The quantitative estimate of drug-likeness (QED) is 0.505. The van der Waals surface area contributed by atoms with E-state index in [4.69, 9.17) is 21.1 Å². The van der Waals surface area contributed by atoms with Crippen LogP contribution in [-0.2, 0) is 6.54 Å². The lowest BCUT2D eigenvalue weighted by molar-refractivity contribution is 0.177. The molecule has 0 bridgehead atoms. The standard InChI is InChI=1S/C21H20ClN5O2S/c1-12-23-20(29-26-12)13-5-4-8-27(9-13)10-17-24-19(28)18-15(11-30-21(18)25-17)14-6-2-3-7-16(14)22/h2-3,6-7,11,13H,4-5,8-10H2,1H3,(H,24,25,28). The topological polar surface area (TPSA) is 87.9 Å². The summed E-state index contributed by atoms with van der Waals surface area (Å²) in [7, 11) is 0. The van der Waals surface area contributed by atoms with Crippen LogP contribution in [-0.4, -0.2) is 38.1 Å². The lowest BCUT2D eigenvalue weighted by atomic mass is 9.98.